The monoisotopic (exact) mass is 717 g/mol. The second-order valence-electron chi connectivity index (χ2n) is 15.2. The van der Waals surface area contributed by atoms with Crippen LogP contribution in [-0.2, 0) is 5.41 Å². The summed E-state index contributed by atoms with van der Waals surface area (Å²) in [4.78, 5) is 15.5. The number of fused-ring (bicyclic) bond motifs is 7. The minimum atomic E-state index is -0.145. The highest BCUT2D eigenvalue weighted by Gasteiger charge is 2.35. The predicted molar refractivity (Wildman–Crippen MR) is 229 cm³/mol. The Morgan fingerprint density at radius 3 is 1.75 bits per heavy atom. The maximum atomic E-state index is 6.58. The first kappa shape index (κ1) is 32.3. The molecular formula is C52H35N3O. The van der Waals surface area contributed by atoms with Gasteiger partial charge in [0.2, 0.25) is 0 Å². The van der Waals surface area contributed by atoms with Crippen LogP contribution in [0.15, 0.2) is 180 Å². The Morgan fingerprint density at radius 2 is 0.946 bits per heavy atom. The third-order valence-electron chi connectivity index (χ3n) is 11.5. The van der Waals surface area contributed by atoms with Crippen LogP contribution < -0.4 is 0 Å². The van der Waals surface area contributed by atoms with Crippen molar-refractivity contribution < 1.29 is 4.42 Å². The number of furan rings is 1. The summed E-state index contributed by atoms with van der Waals surface area (Å²) in [5.74, 6) is 1.86. The molecule has 0 saturated heterocycles. The van der Waals surface area contributed by atoms with Crippen LogP contribution in [0, 0.1) is 0 Å². The highest BCUT2D eigenvalue weighted by atomic mass is 16.3. The van der Waals surface area contributed by atoms with Crippen molar-refractivity contribution in [2.24, 2.45) is 0 Å². The van der Waals surface area contributed by atoms with E-state index in [0.29, 0.717) is 17.5 Å². The molecule has 264 valence electrons. The van der Waals surface area contributed by atoms with Crippen molar-refractivity contribution in [2.45, 2.75) is 19.3 Å². The number of benzene rings is 8. The minimum Gasteiger partial charge on any atom is -0.456 e. The van der Waals surface area contributed by atoms with Gasteiger partial charge in [0.25, 0.3) is 0 Å². The first-order valence-electron chi connectivity index (χ1n) is 19.1. The van der Waals surface area contributed by atoms with Crippen molar-refractivity contribution in [2.75, 3.05) is 0 Å². The molecule has 0 bridgehead atoms. The highest BCUT2D eigenvalue weighted by Crippen LogP contribution is 2.49. The molecule has 0 N–H and O–H groups in total. The number of hydrogen-bond donors (Lipinski definition) is 0. The molecule has 0 amide bonds. The summed E-state index contributed by atoms with van der Waals surface area (Å²) in [6.07, 6.45) is 0. The van der Waals surface area contributed by atoms with Gasteiger partial charge in [-0.25, -0.2) is 15.0 Å². The maximum Gasteiger partial charge on any atom is 0.164 e. The molecule has 10 aromatic rings. The summed E-state index contributed by atoms with van der Waals surface area (Å²) in [5.41, 5.74) is 14.1. The molecule has 0 atom stereocenters. The molecule has 0 aliphatic heterocycles. The number of rotatable bonds is 5. The average molecular weight is 718 g/mol. The summed E-state index contributed by atoms with van der Waals surface area (Å²) in [7, 11) is 0. The van der Waals surface area contributed by atoms with Gasteiger partial charge in [0.1, 0.15) is 11.2 Å². The fourth-order valence-corrected chi connectivity index (χ4v) is 8.61. The first-order chi connectivity index (χ1) is 27.5. The lowest BCUT2D eigenvalue weighted by atomic mass is 9.82. The lowest BCUT2D eigenvalue weighted by molar-refractivity contribution is 0.660. The molecule has 4 heteroatoms. The zero-order valence-corrected chi connectivity index (χ0v) is 31.0. The minimum absolute atomic E-state index is 0.145. The van der Waals surface area contributed by atoms with Gasteiger partial charge in [-0.1, -0.05) is 159 Å². The van der Waals surface area contributed by atoms with Crippen LogP contribution in [0.4, 0.5) is 0 Å². The van der Waals surface area contributed by atoms with Gasteiger partial charge >= 0.3 is 0 Å². The van der Waals surface area contributed by atoms with Gasteiger partial charge in [-0.2, -0.15) is 0 Å². The second kappa shape index (κ2) is 12.4. The highest BCUT2D eigenvalue weighted by molar-refractivity contribution is 6.13. The van der Waals surface area contributed by atoms with Crippen LogP contribution in [0.2, 0.25) is 0 Å². The smallest absolute Gasteiger partial charge is 0.164 e. The van der Waals surface area contributed by atoms with Crippen LogP contribution in [0.25, 0.3) is 100 Å². The number of hydrogen-bond acceptors (Lipinski definition) is 4. The molecule has 4 nitrogen and oxygen atoms in total. The SMILES string of the molecule is CC1(C)c2ccccc2-c2ccc(-c3nc(-c4ccc5ccccc5c4)nc(-c4ccc5c(c4)oc4cccc(-c6ccc(-c7ccccc7)cc6)c45)n3)cc21. The van der Waals surface area contributed by atoms with Gasteiger partial charge in [-0.3, -0.25) is 0 Å². The van der Waals surface area contributed by atoms with Crippen LogP contribution in [-0.4, -0.2) is 15.0 Å². The van der Waals surface area contributed by atoms with Crippen molar-refractivity contribution in [3.05, 3.63) is 187 Å². The van der Waals surface area contributed by atoms with Crippen molar-refractivity contribution in [1.82, 2.24) is 15.0 Å². The molecule has 1 aliphatic rings. The number of nitrogens with zero attached hydrogens (tertiary/aromatic N) is 3. The van der Waals surface area contributed by atoms with Gasteiger partial charge in [0.05, 0.1) is 0 Å². The van der Waals surface area contributed by atoms with Gasteiger partial charge in [-0.05, 0) is 85.6 Å². The molecule has 11 rings (SSSR count). The Hall–Kier alpha value is -7.17. The largest absolute Gasteiger partial charge is 0.456 e. The van der Waals surface area contributed by atoms with Crippen molar-refractivity contribution >= 4 is 32.7 Å². The Labute approximate surface area is 324 Å². The summed E-state index contributed by atoms with van der Waals surface area (Å²) in [5, 5.41) is 4.46. The van der Waals surface area contributed by atoms with Crippen LogP contribution in [0.3, 0.4) is 0 Å². The summed E-state index contributed by atoms with van der Waals surface area (Å²) in [6, 6.07) is 62.0. The first-order valence-corrected chi connectivity index (χ1v) is 19.1. The standard InChI is InChI=1S/C52H35N3O/c1-52(2)44-17-9-8-15-41(44)42-27-25-38(30-45(42)52)50-53-49(37-24-21-33-13-6-7-14-36(33)29-37)54-51(55-50)39-26-28-43-47(31-39)56-46-18-10-16-40(48(43)46)35-22-19-34(20-23-35)32-11-4-3-5-12-32/h3-31H,1-2H3. The van der Waals surface area contributed by atoms with Gasteiger partial charge < -0.3 is 4.42 Å². The fourth-order valence-electron chi connectivity index (χ4n) is 8.61. The lowest BCUT2D eigenvalue weighted by Gasteiger charge is -2.21. The number of aromatic nitrogens is 3. The van der Waals surface area contributed by atoms with Gasteiger partial charge in [0.15, 0.2) is 17.5 Å². The molecule has 8 aromatic carbocycles. The van der Waals surface area contributed by atoms with Crippen LogP contribution in [0.5, 0.6) is 0 Å². The third kappa shape index (κ3) is 5.18. The fraction of sp³-hybridized carbons (Fsp3) is 0.0577. The molecule has 56 heavy (non-hydrogen) atoms. The van der Waals surface area contributed by atoms with Gasteiger partial charge in [-0.15, -0.1) is 0 Å². The zero-order valence-electron chi connectivity index (χ0n) is 31.0. The molecular weight excluding hydrogens is 683 g/mol. The van der Waals surface area contributed by atoms with Crippen molar-refractivity contribution in [1.29, 1.82) is 0 Å². The second-order valence-corrected chi connectivity index (χ2v) is 15.2. The van der Waals surface area contributed by atoms with Crippen molar-refractivity contribution in [3.63, 3.8) is 0 Å². The summed E-state index contributed by atoms with van der Waals surface area (Å²) in [6.45, 7) is 4.60. The van der Waals surface area contributed by atoms with Crippen LogP contribution >= 0.6 is 0 Å². The van der Waals surface area contributed by atoms with Crippen molar-refractivity contribution in [3.8, 4) is 67.5 Å². The molecule has 0 fully saturated rings. The van der Waals surface area contributed by atoms with E-state index in [1.54, 1.807) is 0 Å². The van der Waals surface area contributed by atoms with Gasteiger partial charge in [0, 0.05) is 32.9 Å². The van der Waals surface area contributed by atoms with E-state index in [-0.39, 0.29) is 5.41 Å². The Kier molecular flexibility index (Phi) is 7.17. The zero-order chi connectivity index (χ0) is 37.4. The Morgan fingerprint density at radius 1 is 0.375 bits per heavy atom. The van der Waals surface area contributed by atoms with E-state index in [0.717, 1.165) is 55.1 Å². The van der Waals surface area contributed by atoms with E-state index in [9.17, 15) is 0 Å². The molecule has 0 spiro atoms. The van der Waals surface area contributed by atoms with Crippen LogP contribution in [0.1, 0.15) is 25.0 Å². The quantitative estimate of drug-likeness (QED) is 0.178. The third-order valence-corrected chi connectivity index (χ3v) is 11.5. The normalized spacial score (nSPS) is 13.0. The van der Waals surface area contributed by atoms with E-state index < -0.39 is 0 Å². The molecule has 2 heterocycles. The predicted octanol–water partition coefficient (Wildman–Crippen LogP) is 13.6. The Balaban J connectivity index is 1.04. The molecule has 1 aliphatic carbocycles. The van der Waals surface area contributed by atoms with E-state index in [2.05, 4.69) is 178 Å². The van der Waals surface area contributed by atoms with E-state index in [1.807, 2.05) is 12.1 Å². The maximum absolute atomic E-state index is 6.58. The molecule has 0 radical (unpaired) electrons. The molecule has 0 unspecified atom stereocenters. The Bertz CT molecular complexity index is 3160. The molecule has 0 saturated carbocycles. The average Bonchev–Trinajstić information content (AvgIpc) is 3.75. The molecule has 2 aromatic heterocycles. The van der Waals surface area contributed by atoms with E-state index >= 15 is 0 Å². The topological polar surface area (TPSA) is 51.8 Å². The van der Waals surface area contributed by atoms with E-state index in [1.165, 1.54) is 38.8 Å². The summed E-state index contributed by atoms with van der Waals surface area (Å²) < 4.78 is 6.58. The summed E-state index contributed by atoms with van der Waals surface area (Å²) >= 11 is 0. The van der Waals surface area contributed by atoms with E-state index in [4.69, 9.17) is 19.4 Å². The lowest BCUT2D eigenvalue weighted by Crippen LogP contribution is -2.15.